The molecule has 0 aliphatic carbocycles. The molecular weight excluding hydrogens is 386 g/mol. The molecule has 2 rings (SSSR count). The zero-order chi connectivity index (χ0) is 18.8. The highest BCUT2D eigenvalue weighted by Crippen LogP contribution is 2.30. The number of carbonyl (C=O) groups is 2. The molecule has 6 nitrogen and oxygen atoms in total. The lowest BCUT2D eigenvalue weighted by Gasteiger charge is -2.20. The fourth-order valence-electron chi connectivity index (χ4n) is 2.26. The first-order valence-electron chi connectivity index (χ1n) is 7.84. The summed E-state index contributed by atoms with van der Waals surface area (Å²) in [7, 11) is 3.38. The van der Waals surface area contributed by atoms with E-state index in [0.717, 1.165) is 10.0 Å². The number of fused-ring (bicyclic) bond motifs is 1. The second-order valence-corrected chi connectivity index (χ2v) is 7.85. The highest BCUT2D eigenvalue weighted by atomic mass is 79.9. The van der Waals surface area contributed by atoms with Gasteiger partial charge in [0.25, 0.3) is 0 Å². The Bertz CT molecular complexity index is 761. The molecule has 0 atom stereocenters. The van der Waals surface area contributed by atoms with Gasteiger partial charge in [0.05, 0.1) is 5.69 Å². The van der Waals surface area contributed by atoms with Gasteiger partial charge >= 0.3 is 6.09 Å². The molecule has 0 saturated heterocycles. The van der Waals surface area contributed by atoms with Crippen LogP contribution in [0.15, 0.2) is 33.2 Å². The van der Waals surface area contributed by atoms with Crippen molar-refractivity contribution in [1.29, 1.82) is 0 Å². The van der Waals surface area contributed by atoms with Crippen LogP contribution in [0.3, 0.4) is 0 Å². The van der Waals surface area contributed by atoms with Crippen molar-refractivity contribution in [2.24, 2.45) is 4.99 Å². The van der Waals surface area contributed by atoms with Gasteiger partial charge in [-0.2, -0.15) is 0 Å². The predicted molar refractivity (Wildman–Crippen MR) is 102 cm³/mol. The van der Waals surface area contributed by atoms with E-state index < -0.39 is 11.7 Å². The third-order valence-corrected chi connectivity index (χ3v) is 3.75. The van der Waals surface area contributed by atoms with E-state index >= 15 is 0 Å². The van der Waals surface area contributed by atoms with Crippen LogP contribution in [0.4, 0.5) is 10.5 Å². The minimum absolute atomic E-state index is 0.130. The number of alkyl carbamates (subject to hydrolysis) is 1. The van der Waals surface area contributed by atoms with Crippen molar-refractivity contribution in [3.8, 4) is 0 Å². The molecule has 134 valence electrons. The Labute approximate surface area is 156 Å². The summed E-state index contributed by atoms with van der Waals surface area (Å²) in [5.41, 5.74) is 1.41. The number of nitrogens with zero attached hydrogens (tertiary/aromatic N) is 2. The van der Waals surface area contributed by atoms with E-state index in [0.29, 0.717) is 17.1 Å². The van der Waals surface area contributed by atoms with E-state index in [-0.39, 0.29) is 12.3 Å². The van der Waals surface area contributed by atoms with Crippen LogP contribution in [0.5, 0.6) is 0 Å². The number of hydrogen-bond donors (Lipinski definition) is 1. The second kappa shape index (κ2) is 7.39. The lowest BCUT2D eigenvalue weighted by molar-refractivity contribution is -0.124. The Morgan fingerprint density at radius 3 is 2.56 bits per heavy atom. The zero-order valence-electron chi connectivity index (χ0n) is 15.0. The van der Waals surface area contributed by atoms with Crippen LogP contribution in [0.25, 0.3) is 6.08 Å². The van der Waals surface area contributed by atoms with E-state index in [4.69, 9.17) is 4.74 Å². The van der Waals surface area contributed by atoms with Gasteiger partial charge in [-0.25, -0.2) is 9.79 Å². The van der Waals surface area contributed by atoms with Gasteiger partial charge in [0.2, 0.25) is 5.91 Å². The molecule has 7 heteroatoms. The molecule has 1 heterocycles. The lowest BCUT2D eigenvalue weighted by atomic mass is 10.1. The van der Waals surface area contributed by atoms with Crippen molar-refractivity contribution in [2.75, 3.05) is 14.1 Å². The number of likely N-dealkylation sites (N-methyl/N-ethyl adjacent to an activating group) is 1. The maximum absolute atomic E-state index is 12.4. The normalized spacial score (nSPS) is 13.8. The van der Waals surface area contributed by atoms with E-state index in [1.165, 1.54) is 4.90 Å². The van der Waals surface area contributed by atoms with Crippen molar-refractivity contribution in [3.05, 3.63) is 33.8 Å². The van der Waals surface area contributed by atoms with Crippen LogP contribution in [-0.4, -0.2) is 42.4 Å². The van der Waals surface area contributed by atoms with Gasteiger partial charge in [0, 0.05) is 36.1 Å². The van der Waals surface area contributed by atoms with Gasteiger partial charge in [-0.1, -0.05) is 22.0 Å². The molecule has 0 saturated carbocycles. The first kappa shape index (κ1) is 19.2. The third-order valence-electron chi connectivity index (χ3n) is 3.26. The molecule has 1 N–H and O–H groups in total. The Kier molecular flexibility index (Phi) is 5.67. The Hall–Kier alpha value is -2.15. The second-order valence-electron chi connectivity index (χ2n) is 6.93. The number of amidine groups is 1. The standard InChI is InChI=1S/C18H22BrN3O3/c1-18(2,3)25-17(24)21-15-9-12(16(23)22(4)5)8-11-6-7-13(19)10-14(11)20-15/h6-8,10H,9H2,1-5H3,(H,20,21,24). The van der Waals surface area contributed by atoms with E-state index in [2.05, 4.69) is 26.2 Å². The first-order chi connectivity index (χ1) is 11.5. The smallest absolute Gasteiger partial charge is 0.413 e. The highest BCUT2D eigenvalue weighted by molar-refractivity contribution is 9.10. The van der Waals surface area contributed by atoms with Gasteiger partial charge in [0.1, 0.15) is 11.4 Å². The van der Waals surface area contributed by atoms with Crippen molar-refractivity contribution < 1.29 is 14.3 Å². The number of carbonyl (C=O) groups excluding carboxylic acids is 2. The van der Waals surface area contributed by atoms with Gasteiger partial charge in [-0.3, -0.25) is 10.1 Å². The molecule has 1 aliphatic heterocycles. The van der Waals surface area contributed by atoms with Gasteiger partial charge in [-0.15, -0.1) is 0 Å². The van der Waals surface area contributed by atoms with Crippen LogP contribution in [-0.2, 0) is 9.53 Å². The summed E-state index contributed by atoms with van der Waals surface area (Å²) < 4.78 is 6.14. The molecule has 1 aromatic carbocycles. The van der Waals surface area contributed by atoms with Crippen molar-refractivity contribution in [2.45, 2.75) is 32.8 Å². The maximum atomic E-state index is 12.4. The van der Waals surface area contributed by atoms with Crippen LogP contribution in [0, 0.1) is 0 Å². The van der Waals surface area contributed by atoms with Crippen LogP contribution in [0.1, 0.15) is 32.8 Å². The average Bonchev–Trinajstić information content (AvgIpc) is 2.62. The zero-order valence-corrected chi connectivity index (χ0v) is 16.6. The number of hydrogen-bond acceptors (Lipinski definition) is 4. The predicted octanol–water partition coefficient (Wildman–Crippen LogP) is 3.88. The molecule has 2 amide bonds. The summed E-state index contributed by atoms with van der Waals surface area (Å²) in [6, 6.07) is 5.60. The number of amides is 2. The fourth-order valence-corrected chi connectivity index (χ4v) is 2.61. The highest BCUT2D eigenvalue weighted by Gasteiger charge is 2.22. The van der Waals surface area contributed by atoms with E-state index in [1.54, 1.807) is 40.9 Å². The van der Waals surface area contributed by atoms with Crippen LogP contribution < -0.4 is 5.32 Å². The molecule has 0 unspecified atom stereocenters. The minimum Gasteiger partial charge on any atom is -0.444 e. The molecule has 0 bridgehead atoms. The van der Waals surface area contributed by atoms with Crippen molar-refractivity contribution >= 4 is 45.5 Å². The fraction of sp³-hybridized carbons (Fsp3) is 0.389. The quantitative estimate of drug-likeness (QED) is 0.767. The maximum Gasteiger partial charge on any atom is 0.413 e. The molecule has 0 radical (unpaired) electrons. The summed E-state index contributed by atoms with van der Waals surface area (Å²) in [5.74, 6) is 0.238. The van der Waals surface area contributed by atoms with Gasteiger partial charge in [-0.05, 0) is 39.0 Å². The number of halogens is 1. The van der Waals surface area contributed by atoms with E-state index in [9.17, 15) is 9.59 Å². The van der Waals surface area contributed by atoms with Crippen LogP contribution >= 0.6 is 15.9 Å². The van der Waals surface area contributed by atoms with E-state index in [1.807, 2.05) is 18.2 Å². The molecule has 0 fully saturated rings. The molecule has 1 aromatic rings. The third kappa shape index (κ3) is 5.42. The Morgan fingerprint density at radius 1 is 1.28 bits per heavy atom. The average molecular weight is 408 g/mol. The lowest BCUT2D eigenvalue weighted by Crippen LogP contribution is -2.37. The van der Waals surface area contributed by atoms with Gasteiger partial charge < -0.3 is 9.64 Å². The summed E-state index contributed by atoms with van der Waals surface area (Å²) in [6.07, 6.45) is 1.42. The molecule has 0 aromatic heterocycles. The Balaban J connectivity index is 2.38. The number of nitrogens with one attached hydrogen (secondary N) is 1. The number of aliphatic imine (C=N–C) groups is 1. The molecule has 1 aliphatic rings. The number of rotatable bonds is 1. The summed E-state index contributed by atoms with van der Waals surface area (Å²) in [6.45, 7) is 5.36. The van der Waals surface area contributed by atoms with Crippen molar-refractivity contribution in [1.82, 2.24) is 10.2 Å². The molecule has 25 heavy (non-hydrogen) atoms. The Morgan fingerprint density at radius 2 is 1.96 bits per heavy atom. The van der Waals surface area contributed by atoms with Crippen LogP contribution in [0.2, 0.25) is 0 Å². The van der Waals surface area contributed by atoms with Gasteiger partial charge in [0.15, 0.2) is 0 Å². The number of ether oxygens (including phenoxy) is 1. The van der Waals surface area contributed by atoms with Crippen molar-refractivity contribution in [3.63, 3.8) is 0 Å². The molecule has 0 spiro atoms. The summed E-state index contributed by atoms with van der Waals surface area (Å²) >= 11 is 3.42. The molecular formula is C18H22BrN3O3. The summed E-state index contributed by atoms with van der Waals surface area (Å²) in [4.78, 5) is 30.5. The SMILES string of the molecule is CN(C)C(=O)C1=Cc2ccc(Br)cc2N=C(NC(=O)OC(C)(C)C)C1. The number of benzene rings is 1. The monoisotopic (exact) mass is 407 g/mol. The first-order valence-corrected chi connectivity index (χ1v) is 8.64. The summed E-state index contributed by atoms with van der Waals surface area (Å²) in [5, 5.41) is 2.66. The largest absolute Gasteiger partial charge is 0.444 e. The topological polar surface area (TPSA) is 71.0 Å². The minimum atomic E-state index is -0.617.